The number of aromatic nitrogens is 2. The number of nitrogens with zero attached hydrogens (tertiary/aromatic N) is 2. The van der Waals surface area contributed by atoms with E-state index >= 15 is 0 Å². The summed E-state index contributed by atoms with van der Waals surface area (Å²) in [7, 11) is 0. The first-order chi connectivity index (χ1) is 15.1. The molecule has 31 heavy (non-hydrogen) atoms. The standard InChI is InChI=1S/C25H28FN3OS/c1-2-17-9-14-22-21(15-17)25(29-24(28-22)18-10-12-19(26)13-11-18)31-16-23(30)27-20-7-5-3-4-6-8-20/h9-15,20H,2-8,16H2,1H3,(H,27,30). The SMILES string of the molecule is CCc1ccc2nc(-c3ccc(F)cc3)nc(SCC(=O)NC3CCCCCC3)c2c1. The number of thioether (sulfide) groups is 1. The molecule has 1 amide bonds. The van der Waals surface area contributed by atoms with Crippen molar-refractivity contribution in [2.75, 3.05) is 5.75 Å². The van der Waals surface area contributed by atoms with Crippen LogP contribution >= 0.6 is 11.8 Å². The van der Waals surface area contributed by atoms with Crippen LogP contribution in [-0.2, 0) is 11.2 Å². The summed E-state index contributed by atoms with van der Waals surface area (Å²) in [5.74, 6) is 0.630. The first-order valence-corrected chi connectivity index (χ1v) is 12.1. The van der Waals surface area contributed by atoms with E-state index in [0.29, 0.717) is 17.6 Å². The number of hydrogen-bond acceptors (Lipinski definition) is 4. The van der Waals surface area contributed by atoms with E-state index in [4.69, 9.17) is 9.97 Å². The van der Waals surface area contributed by atoms with Crippen molar-refractivity contribution in [1.29, 1.82) is 0 Å². The zero-order valence-electron chi connectivity index (χ0n) is 17.9. The van der Waals surface area contributed by atoms with Gasteiger partial charge in [-0.25, -0.2) is 14.4 Å². The Balaban J connectivity index is 1.58. The molecule has 1 aliphatic carbocycles. The number of rotatable bonds is 6. The van der Waals surface area contributed by atoms with Crippen LogP contribution in [0.25, 0.3) is 22.3 Å². The van der Waals surface area contributed by atoms with Crippen molar-refractivity contribution in [3.8, 4) is 11.4 Å². The smallest absolute Gasteiger partial charge is 0.230 e. The molecule has 0 atom stereocenters. The lowest BCUT2D eigenvalue weighted by Crippen LogP contribution is -2.35. The Bertz CT molecular complexity index is 1050. The molecular formula is C25H28FN3OS. The van der Waals surface area contributed by atoms with E-state index < -0.39 is 0 Å². The highest BCUT2D eigenvalue weighted by Crippen LogP contribution is 2.29. The summed E-state index contributed by atoms with van der Waals surface area (Å²) in [6, 6.07) is 12.7. The van der Waals surface area contributed by atoms with Gasteiger partial charge in [-0.15, -0.1) is 0 Å². The van der Waals surface area contributed by atoms with Crippen LogP contribution in [0.3, 0.4) is 0 Å². The molecule has 1 aliphatic rings. The summed E-state index contributed by atoms with van der Waals surface area (Å²) in [5, 5.41) is 4.95. The van der Waals surface area contributed by atoms with E-state index in [1.165, 1.54) is 55.1 Å². The number of halogens is 1. The molecule has 4 rings (SSSR count). The average molecular weight is 438 g/mol. The van der Waals surface area contributed by atoms with E-state index in [9.17, 15) is 9.18 Å². The van der Waals surface area contributed by atoms with Crippen molar-refractivity contribution < 1.29 is 9.18 Å². The monoisotopic (exact) mass is 437 g/mol. The minimum atomic E-state index is -0.290. The van der Waals surface area contributed by atoms with Gasteiger partial charge in [0.2, 0.25) is 5.91 Å². The van der Waals surface area contributed by atoms with E-state index in [2.05, 4.69) is 24.4 Å². The second kappa shape index (κ2) is 10.2. The quantitative estimate of drug-likeness (QED) is 0.295. The van der Waals surface area contributed by atoms with Crippen LogP contribution in [0.5, 0.6) is 0 Å². The highest BCUT2D eigenvalue weighted by atomic mass is 32.2. The number of hydrogen-bond donors (Lipinski definition) is 1. The summed E-state index contributed by atoms with van der Waals surface area (Å²) in [6.07, 6.45) is 7.97. The highest BCUT2D eigenvalue weighted by molar-refractivity contribution is 8.00. The van der Waals surface area contributed by atoms with Gasteiger partial charge in [-0.1, -0.05) is 50.4 Å². The lowest BCUT2D eigenvalue weighted by Gasteiger charge is -2.16. The number of carbonyl (C=O) groups excluding carboxylic acids is 1. The van der Waals surface area contributed by atoms with Gasteiger partial charge in [0.1, 0.15) is 10.8 Å². The molecule has 1 aromatic heterocycles. The van der Waals surface area contributed by atoms with Crippen molar-refractivity contribution in [1.82, 2.24) is 15.3 Å². The Hall–Kier alpha value is -2.47. The van der Waals surface area contributed by atoms with Crippen LogP contribution in [0.2, 0.25) is 0 Å². The summed E-state index contributed by atoms with van der Waals surface area (Å²) in [5.41, 5.74) is 2.79. The largest absolute Gasteiger partial charge is 0.353 e. The van der Waals surface area contributed by atoms with Crippen molar-refractivity contribution >= 4 is 28.6 Å². The maximum Gasteiger partial charge on any atom is 0.230 e. The van der Waals surface area contributed by atoms with Crippen molar-refractivity contribution in [2.24, 2.45) is 0 Å². The normalized spacial score (nSPS) is 15.0. The fourth-order valence-corrected chi connectivity index (χ4v) is 4.85. The van der Waals surface area contributed by atoms with E-state index in [1.54, 1.807) is 12.1 Å². The van der Waals surface area contributed by atoms with Gasteiger partial charge >= 0.3 is 0 Å². The zero-order valence-corrected chi connectivity index (χ0v) is 18.7. The molecule has 0 spiro atoms. The lowest BCUT2D eigenvalue weighted by molar-refractivity contribution is -0.119. The molecule has 0 bridgehead atoms. The molecule has 1 N–H and O–H groups in total. The Labute approximate surface area is 187 Å². The van der Waals surface area contributed by atoms with Crippen molar-refractivity contribution in [3.63, 3.8) is 0 Å². The van der Waals surface area contributed by atoms with E-state index in [-0.39, 0.29) is 11.7 Å². The molecule has 1 heterocycles. The van der Waals surface area contributed by atoms with Gasteiger partial charge < -0.3 is 5.32 Å². The predicted molar refractivity (Wildman–Crippen MR) is 125 cm³/mol. The highest BCUT2D eigenvalue weighted by Gasteiger charge is 2.16. The summed E-state index contributed by atoms with van der Waals surface area (Å²) < 4.78 is 13.4. The molecular weight excluding hydrogens is 409 g/mol. The molecule has 0 saturated heterocycles. The first kappa shape index (κ1) is 21.8. The van der Waals surface area contributed by atoms with Crippen LogP contribution in [-0.4, -0.2) is 27.7 Å². The maximum atomic E-state index is 13.4. The van der Waals surface area contributed by atoms with Crippen molar-refractivity contribution in [3.05, 3.63) is 53.8 Å². The molecule has 6 heteroatoms. The van der Waals surface area contributed by atoms with E-state index in [0.717, 1.165) is 40.8 Å². The predicted octanol–water partition coefficient (Wildman–Crippen LogP) is 5.93. The molecule has 1 fully saturated rings. The Morgan fingerprint density at radius 1 is 1.06 bits per heavy atom. The van der Waals surface area contributed by atoms with Gasteiger partial charge in [0.05, 0.1) is 11.3 Å². The minimum Gasteiger partial charge on any atom is -0.353 e. The Morgan fingerprint density at radius 3 is 2.52 bits per heavy atom. The number of fused-ring (bicyclic) bond motifs is 1. The molecule has 162 valence electrons. The lowest BCUT2D eigenvalue weighted by atomic mass is 10.1. The van der Waals surface area contributed by atoms with Gasteiger partial charge in [0, 0.05) is 17.0 Å². The minimum absolute atomic E-state index is 0.0543. The number of aryl methyl sites for hydroxylation is 1. The van der Waals surface area contributed by atoms with Crippen LogP contribution in [0.4, 0.5) is 4.39 Å². The molecule has 2 aromatic carbocycles. The molecule has 0 unspecified atom stereocenters. The molecule has 3 aromatic rings. The van der Waals surface area contributed by atoms with Gasteiger partial charge in [-0.3, -0.25) is 4.79 Å². The number of amides is 1. The fraction of sp³-hybridized carbons (Fsp3) is 0.400. The molecule has 0 radical (unpaired) electrons. The third kappa shape index (κ3) is 5.62. The number of nitrogens with one attached hydrogen (secondary N) is 1. The average Bonchev–Trinajstić information content (AvgIpc) is 3.06. The molecule has 1 saturated carbocycles. The van der Waals surface area contributed by atoms with Gasteiger partial charge in [0.25, 0.3) is 0 Å². The summed E-state index contributed by atoms with van der Waals surface area (Å²) in [6.45, 7) is 2.11. The topological polar surface area (TPSA) is 54.9 Å². The Kier molecular flexibility index (Phi) is 7.17. The maximum absolute atomic E-state index is 13.4. The van der Waals surface area contributed by atoms with Crippen molar-refractivity contribution in [2.45, 2.75) is 62.9 Å². The molecule has 0 aliphatic heterocycles. The van der Waals surface area contributed by atoms with Gasteiger partial charge in [0.15, 0.2) is 5.82 Å². The fourth-order valence-electron chi connectivity index (χ4n) is 4.03. The number of carbonyl (C=O) groups is 1. The third-order valence-electron chi connectivity index (χ3n) is 5.80. The van der Waals surface area contributed by atoms with Crippen LogP contribution in [0, 0.1) is 5.82 Å². The zero-order chi connectivity index (χ0) is 21.6. The second-order valence-corrected chi connectivity index (χ2v) is 9.07. The van der Waals surface area contributed by atoms with Crippen LogP contribution < -0.4 is 5.32 Å². The number of benzene rings is 2. The van der Waals surface area contributed by atoms with E-state index in [1.807, 2.05) is 6.07 Å². The summed E-state index contributed by atoms with van der Waals surface area (Å²) in [4.78, 5) is 22.1. The van der Waals surface area contributed by atoms with Gasteiger partial charge in [-0.05, 0) is 61.2 Å². The molecule has 4 nitrogen and oxygen atoms in total. The van der Waals surface area contributed by atoms with Crippen LogP contribution in [0.1, 0.15) is 51.0 Å². The summed E-state index contributed by atoms with van der Waals surface area (Å²) >= 11 is 1.45. The second-order valence-electron chi connectivity index (χ2n) is 8.11. The first-order valence-electron chi connectivity index (χ1n) is 11.1. The third-order valence-corrected chi connectivity index (χ3v) is 6.79. The Morgan fingerprint density at radius 2 is 1.81 bits per heavy atom. The van der Waals surface area contributed by atoms with Crippen LogP contribution in [0.15, 0.2) is 47.5 Å². The van der Waals surface area contributed by atoms with Gasteiger partial charge in [-0.2, -0.15) is 0 Å².